The summed E-state index contributed by atoms with van der Waals surface area (Å²) in [4.78, 5) is 36.1. The Morgan fingerprint density at radius 2 is 1.91 bits per heavy atom. The highest BCUT2D eigenvalue weighted by Crippen LogP contribution is 2.23. The van der Waals surface area contributed by atoms with Crippen LogP contribution in [0.4, 0.5) is 5.82 Å². The number of nitrogen functional groups attached to an aromatic ring is 1. The molecule has 0 saturated heterocycles. The molecule has 0 aliphatic carbocycles. The highest BCUT2D eigenvalue weighted by molar-refractivity contribution is 6.28. The number of fused-ring (bicyclic) bond motifs is 1. The number of rotatable bonds is 11. The molecule has 1 atom stereocenters. The predicted molar refractivity (Wildman–Crippen MR) is 119 cm³/mol. The molecular formula is C21H22ClN5O6. The molecule has 0 fully saturated rings. The van der Waals surface area contributed by atoms with Crippen LogP contribution >= 0.6 is 11.6 Å². The Bertz CT molecular complexity index is 1170. The van der Waals surface area contributed by atoms with Crippen LogP contribution < -0.4 is 5.73 Å². The maximum Gasteiger partial charge on any atom is 0.348 e. The molecule has 0 aliphatic heterocycles. The summed E-state index contributed by atoms with van der Waals surface area (Å²) < 4.78 is 12.5. The van der Waals surface area contributed by atoms with Crippen molar-refractivity contribution in [2.24, 2.45) is 0 Å². The summed E-state index contributed by atoms with van der Waals surface area (Å²) in [5.74, 6) is -3.13. The van der Waals surface area contributed by atoms with Crippen molar-refractivity contribution in [1.29, 1.82) is 0 Å². The zero-order valence-electron chi connectivity index (χ0n) is 17.6. The lowest BCUT2D eigenvalue weighted by Crippen LogP contribution is -2.52. The number of methoxy groups -OCH3 is 1. The topological polar surface area (TPSA) is 163 Å². The fraction of sp³-hybridized carbons (Fsp3) is 0.286. The zero-order chi connectivity index (χ0) is 24.2. The molecule has 0 saturated carbocycles. The molecule has 2 aromatic heterocycles. The van der Waals surface area contributed by atoms with Crippen LogP contribution in [-0.2, 0) is 32.0 Å². The SMILES string of the molecule is C=C(Cn1cnc2c(N)nc(Cl)nc21)C(COC(Cc1ccccc1)(C(=O)O)C(=O)O)OC. The summed E-state index contributed by atoms with van der Waals surface area (Å²) in [6, 6.07) is 8.35. The van der Waals surface area contributed by atoms with Gasteiger partial charge in [-0.1, -0.05) is 36.9 Å². The Hall–Kier alpha value is -3.54. The second-order valence-electron chi connectivity index (χ2n) is 7.22. The number of aliphatic carboxylic acids is 2. The van der Waals surface area contributed by atoms with E-state index in [4.69, 9.17) is 26.8 Å². The lowest BCUT2D eigenvalue weighted by Gasteiger charge is -2.28. The van der Waals surface area contributed by atoms with Gasteiger partial charge in [0.2, 0.25) is 5.28 Å². The third kappa shape index (κ3) is 5.11. The van der Waals surface area contributed by atoms with Crippen LogP contribution in [0.2, 0.25) is 5.28 Å². The number of benzene rings is 1. The second kappa shape index (κ2) is 9.94. The first-order valence-electron chi connectivity index (χ1n) is 9.67. The average molecular weight is 476 g/mol. The number of nitrogens with two attached hydrogens (primary N) is 1. The van der Waals surface area contributed by atoms with Gasteiger partial charge in [-0.15, -0.1) is 0 Å². The van der Waals surface area contributed by atoms with E-state index in [1.54, 1.807) is 34.9 Å². The maximum atomic E-state index is 12.0. The lowest BCUT2D eigenvalue weighted by molar-refractivity contribution is -0.186. The van der Waals surface area contributed by atoms with Crippen molar-refractivity contribution in [2.75, 3.05) is 19.5 Å². The van der Waals surface area contributed by atoms with Crippen molar-refractivity contribution in [1.82, 2.24) is 19.5 Å². The Labute approximate surface area is 193 Å². The van der Waals surface area contributed by atoms with E-state index < -0.39 is 23.6 Å². The number of carboxylic acids is 2. The van der Waals surface area contributed by atoms with Gasteiger partial charge in [0.1, 0.15) is 11.6 Å². The molecule has 3 aromatic rings. The monoisotopic (exact) mass is 475 g/mol. The molecule has 12 heteroatoms. The molecule has 11 nitrogen and oxygen atoms in total. The van der Waals surface area contributed by atoms with Gasteiger partial charge in [0.25, 0.3) is 5.60 Å². The number of halogens is 1. The number of hydrogen-bond acceptors (Lipinski definition) is 8. The highest BCUT2D eigenvalue weighted by Gasteiger charge is 2.48. The number of anilines is 1. The quantitative estimate of drug-likeness (QED) is 0.211. The molecule has 33 heavy (non-hydrogen) atoms. The third-order valence-corrected chi connectivity index (χ3v) is 5.21. The molecule has 0 spiro atoms. The van der Waals surface area contributed by atoms with E-state index in [0.717, 1.165) is 0 Å². The summed E-state index contributed by atoms with van der Waals surface area (Å²) in [6.07, 6.45) is 0.271. The zero-order valence-corrected chi connectivity index (χ0v) is 18.4. The van der Waals surface area contributed by atoms with Crippen molar-refractivity contribution >= 4 is 40.5 Å². The maximum absolute atomic E-state index is 12.0. The summed E-state index contributed by atoms with van der Waals surface area (Å²) in [6.45, 7) is 3.75. The molecule has 0 amide bonds. The minimum absolute atomic E-state index is 0.0485. The first kappa shape index (κ1) is 24.1. The normalized spacial score (nSPS) is 12.5. The Balaban J connectivity index is 1.79. The standard InChI is InChI=1S/C21H22ClN5O6/c1-12(9-27-11-24-15-16(23)25-20(22)26-17(15)27)14(32-2)10-33-21(18(28)29,19(30)31)8-13-6-4-3-5-7-13/h3-7,11,14H,1,8-10H2,2H3,(H,28,29)(H,30,31)(H2,23,25,26). The smallest absolute Gasteiger partial charge is 0.348 e. The van der Waals surface area contributed by atoms with E-state index >= 15 is 0 Å². The van der Waals surface area contributed by atoms with Crippen LogP contribution in [0.25, 0.3) is 11.2 Å². The van der Waals surface area contributed by atoms with Crippen LogP contribution in [0.1, 0.15) is 5.56 Å². The van der Waals surface area contributed by atoms with E-state index in [9.17, 15) is 19.8 Å². The first-order valence-corrected chi connectivity index (χ1v) is 10.0. The van der Waals surface area contributed by atoms with Crippen LogP contribution in [0.3, 0.4) is 0 Å². The van der Waals surface area contributed by atoms with E-state index in [1.165, 1.54) is 13.4 Å². The number of hydrogen-bond donors (Lipinski definition) is 3. The molecule has 1 aromatic carbocycles. The van der Waals surface area contributed by atoms with Crippen molar-refractivity contribution in [2.45, 2.75) is 24.7 Å². The minimum Gasteiger partial charge on any atom is -0.479 e. The largest absolute Gasteiger partial charge is 0.479 e. The van der Waals surface area contributed by atoms with Gasteiger partial charge in [0.15, 0.2) is 11.5 Å². The number of carbonyl (C=O) groups is 2. The van der Waals surface area contributed by atoms with Crippen LogP contribution in [0.5, 0.6) is 0 Å². The van der Waals surface area contributed by atoms with E-state index in [2.05, 4.69) is 21.5 Å². The van der Waals surface area contributed by atoms with Gasteiger partial charge in [0.05, 0.1) is 12.9 Å². The van der Waals surface area contributed by atoms with Crippen LogP contribution in [0, 0.1) is 0 Å². The van der Waals surface area contributed by atoms with Crippen LogP contribution in [0.15, 0.2) is 48.8 Å². The number of aromatic nitrogens is 4. The molecule has 0 aliphatic rings. The van der Waals surface area contributed by atoms with Crippen molar-refractivity contribution in [3.8, 4) is 0 Å². The van der Waals surface area contributed by atoms with E-state index in [-0.39, 0.29) is 30.7 Å². The van der Waals surface area contributed by atoms with Crippen molar-refractivity contribution in [3.63, 3.8) is 0 Å². The molecule has 0 bridgehead atoms. The van der Waals surface area contributed by atoms with Gasteiger partial charge in [-0.3, -0.25) is 0 Å². The summed E-state index contributed by atoms with van der Waals surface area (Å²) in [5.41, 5.74) is 4.99. The van der Waals surface area contributed by atoms with Crippen molar-refractivity contribution < 1.29 is 29.3 Å². The molecule has 2 heterocycles. The summed E-state index contributed by atoms with van der Waals surface area (Å²) in [7, 11) is 1.38. The number of nitrogens with zero attached hydrogens (tertiary/aromatic N) is 4. The molecular weight excluding hydrogens is 454 g/mol. The van der Waals surface area contributed by atoms with Gasteiger partial charge in [0, 0.05) is 20.1 Å². The molecule has 4 N–H and O–H groups in total. The van der Waals surface area contributed by atoms with Gasteiger partial charge >= 0.3 is 11.9 Å². The van der Waals surface area contributed by atoms with Gasteiger partial charge in [-0.25, -0.2) is 14.6 Å². The number of ether oxygens (including phenoxy) is 2. The molecule has 1 unspecified atom stereocenters. The highest BCUT2D eigenvalue weighted by atomic mass is 35.5. The summed E-state index contributed by atoms with van der Waals surface area (Å²) in [5, 5.41) is 19.4. The third-order valence-electron chi connectivity index (χ3n) is 5.04. The minimum atomic E-state index is -2.50. The Morgan fingerprint density at radius 1 is 1.24 bits per heavy atom. The van der Waals surface area contributed by atoms with E-state index in [1.807, 2.05) is 0 Å². The number of imidazole rings is 1. The van der Waals surface area contributed by atoms with Gasteiger partial charge < -0.3 is 30.0 Å². The van der Waals surface area contributed by atoms with E-state index in [0.29, 0.717) is 22.3 Å². The average Bonchev–Trinajstić information content (AvgIpc) is 3.16. The molecule has 3 rings (SSSR count). The fourth-order valence-corrected chi connectivity index (χ4v) is 3.42. The summed E-state index contributed by atoms with van der Waals surface area (Å²) >= 11 is 5.88. The molecule has 0 radical (unpaired) electrons. The fourth-order valence-electron chi connectivity index (χ4n) is 3.25. The Kier molecular flexibility index (Phi) is 7.26. The van der Waals surface area contributed by atoms with Gasteiger partial charge in [-0.2, -0.15) is 9.97 Å². The number of carboxylic acid groups (broad SMARTS) is 2. The lowest BCUT2D eigenvalue weighted by atomic mass is 9.94. The Morgan fingerprint density at radius 3 is 2.52 bits per heavy atom. The molecule has 174 valence electrons. The first-order chi connectivity index (χ1) is 15.7. The van der Waals surface area contributed by atoms with Gasteiger partial charge in [-0.05, 0) is 22.7 Å². The van der Waals surface area contributed by atoms with Crippen molar-refractivity contribution in [3.05, 3.63) is 59.7 Å². The van der Waals surface area contributed by atoms with Crippen LogP contribution in [-0.4, -0.2) is 67.1 Å². The second-order valence-corrected chi connectivity index (χ2v) is 7.55. The predicted octanol–water partition coefficient (Wildman–Crippen LogP) is 1.80.